The summed E-state index contributed by atoms with van der Waals surface area (Å²) in [7, 11) is 0. The maximum atomic E-state index is 13.4. The molecular formula is C24H25NO3Se. The maximum absolute atomic E-state index is 13.4. The van der Waals surface area contributed by atoms with Gasteiger partial charge in [0.1, 0.15) is 0 Å². The van der Waals surface area contributed by atoms with Gasteiger partial charge in [-0.15, -0.1) is 0 Å². The molecule has 1 aliphatic carbocycles. The van der Waals surface area contributed by atoms with Crippen molar-refractivity contribution in [3.63, 3.8) is 0 Å². The van der Waals surface area contributed by atoms with Gasteiger partial charge in [-0.25, -0.2) is 0 Å². The van der Waals surface area contributed by atoms with Crippen molar-refractivity contribution in [3.05, 3.63) is 75.3 Å². The summed E-state index contributed by atoms with van der Waals surface area (Å²) in [6, 6.07) is 15.5. The molecule has 0 radical (unpaired) electrons. The van der Waals surface area contributed by atoms with E-state index in [0.29, 0.717) is 34.3 Å². The first-order valence-electron chi connectivity index (χ1n) is 9.89. The third-order valence-electron chi connectivity index (χ3n) is 5.30. The van der Waals surface area contributed by atoms with E-state index in [2.05, 4.69) is 50.4 Å². The molecule has 4 nitrogen and oxygen atoms in total. The van der Waals surface area contributed by atoms with E-state index in [4.69, 9.17) is 4.74 Å². The Labute approximate surface area is 177 Å². The number of allylic oxidation sites excluding steroid dienone is 1. The van der Waals surface area contributed by atoms with E-state index in [-0.39, 0.29) is 38.0 Å². The average molecular weight is 454 g/mol. The van der Waals surface area contributed by atoms with Crippen molar-refractivity contribution in [3.8, 4) is 0 Å². The Bertz CT molecular complexity index is 980. The van der Waals surface area contributed by atoms with E-state index < -0.39 is 0 Å². The van der Waals surface area contributed by atoms with Crippen LogP contribution >= 0.6 is 0 Å². The molecule has 5 heteroatoms. The van der Waals surface area contributed by atoms with Crippen LogP contribution in [0.3, 0.4) is 0 Å². The second-order valence-corrected chi connectivity index (χ2v) is 10.7. The second-order valence-electron chi connectivity index (χ2n) is 8.39. The molecule has 2 aromatic carbocycles. The van der Waals surface area contributed by atoms with Gasteiger partial charge < -0.3 is 0 Å². The monoisotopic (exact) mass is 455 g/mol. The van der Waals surface area contributed by atoms with E-state index in [1.807, 2.05) is 12.1 Å². The van der Waals surface area contributed by atoms with Crippen molar-refractivity contribution in [1.82, 2.24) is 5.32 Å². The number of rotatable bonds is 3. The molecule has 1 atom stereocenters. The average Bonchev–Trinajstić information content (AvgIpc) is 2.72. The fourth-order valence-corrected chi connectivity index (χ4v) is 5.85. The van der Waals surface area contributed by atoms with Gasteiger partial charge in [0.05, 0.1) is 0 Å². The first-order valence-corrected chi connectivity index (χ1v) is 11.6. The van der Waals surface area contributed by atoms with Gasteiger partial charge in [-0.3, -0.25) is 0 Å². The number of hydrogen-bond donors (Lipinski definition) is 1. The number of fused-ring (bicyclic) bond motifs is 1. The van der Waals surface area contributed by atoms with E-state index in [9.17, 15) is 9.59 Å². The third kappa shape index (κ3) is 4.01. The fourth-order valence-electron chi connectivity index (χ4n) is 3.66. The molecule has 2 aromatic rings. The molecule has 0 aromatic heterocycles. The van der Waals surface area contributed by atoms with Crippen LogP contribution in [0.4, 0.5) is 0 Å². The molecule has 1 fully saturated rings. The Balaban J connectivity index is 1.75. The Morgan fingerprint density at radius 1 is 0.966 bits per heavy atom. The molecule has 150 valence electrons. The zero-order valence-corrected chi connectivity index (χ0v) is 18.7. The Morgan fingerprint density at radius 3 is 2.21 bits per heavy atom. The van der Waals surface area contributed by atoms with Gasteiger partial charge in [0.15, 0.2) is 0 Å². The molecule has 2 aliphatic rings. The van der Waals surface area contributed by atoms with Gasteiger partial charge in [0.25, 0.3) is 0 Å². The zero-order valence-electron chi connectivity index (χ0n) is 17.0. The molecule has 29 heavy (non-hydrogen) atoms. The third-order valence-corrected chi connectivity index (χ3v) is 7.65. The predicted molar refractivity (Wildman–Crippen MR) is 115 cm³/mol. The van der Waals surface area contributed by atoms with Crippen molar-refractivity contribution >= 4 is 31.0 Å². The van der Waals surface area contributed by atoms with E-state index >= 15 is 0 Å². The molecule has 1 saturated heterocycles. The summed E-state index contributed by atoms with van der Waals surface area (Å²) in [5.74, 6) is -0.110. The van der Waals surface area contributed by atoms with Crippen molar-refractivity contribution in [2.75, 3.05) is 19.7 Å². The van der Waals surface area contributed by atoms with Crippen LogP contribution in [0.25, 0.3) is 0 Å². The van der Waals surface area contributed by atoms with Crippen LogP contribution < -0.4 is 9.78 Å². The second kappa shape index (κ2) is 8.00. The van der Waals surface area contributed by atoms with Crippen LogP contribution in [-0.2, 0) is 10.2 Å². The number of nitrogens with one attached hydrogen (secondary N) is 1. The summed E-state index contributed by atoms with van der Waals surface area (Å²) in [5.41, 5.74) is 2.87. The Hall–Kier alpha value is -2.04. The van der Waals surface area contributed by atoms with Crippen LogP contribution in [0.2, 0.25) is 0 Å². The predicted octanol–water partition coefficient (Wildman–Crippen LogP) is 2.64. The molecule has 0 amide bonds. The number of Topliss-reactive ketones (excluding diaryl/α,β-unsaturated/α-hetero) is 2. The minimum absolute atomic E-state index is 0.0377. The molecule has 1 heterocycles. The molecule has 1 unspecified atom stereocenters. The topological polar surface area (TPSA) is 55.4 Å². The van der Waals surface area contributed by atoms with Crippen LogP contribution in [0, 0.1) is 0 Å². The van der Waals surface area contributed by atoms with Gasteiger partial charge in [0, 0.05) is 0 Å². The van der Waals surface area contributed by atoms with Crippen LogP contribution in [0.5, 0.6) is 0 Å². The van der Waals surface area contributed by atoms with Gasteiger partial charge in [-0.05, 0) is 0 Å². The molecule has 1 aliphatic heterocycles. The molecule has 4 rings (SSSR count). The Kier molecular flexibility index (Phi) is 5.58. The normalized spacial score (nSPS) is 20.0. The van der Waals surface area contributed by atoms with Crippen LogP contribution in [-0.4, -0.2) is 52.3 Å². The summed E-state index contributed by atoms with van der Waals surface area (Å²) in [6.45, 7) is 8.40. The van der Waals surface area contributed by atoms with Gasteiger partial charge >= 0.3 is 178 Å². The number of hydrogen-bond acceptors (Lipinski definition) is 4. The quantitative estimate of drug-likeness (QED) is 0.725. The van der Waals surface area contributed by atoms with Crippen LogP contribution in [0.15, 0.2) is 58.6 Å². The van der Waals surface area contributed by atoms with Crippen LogP contribution in [0.1, 0.15) is 47.1 Å². The fraction of sp³-hybridized carbons (Fsp3) is 0.333. The molecule has 0 bridgehead atoms. The standard InChI is InChI=1S/C24H25NO3Se/c1-24(2,3)15-8-10-16(11-9-15)29-23-20(19-14-25-12-13-28-19)21(26)17-6-4-5-7-18(17)22(23)27/h4-11,19,25H,12-14H2,1-3H3. The van der Waals surface area contributed by atoms with Gasteiger partial charge in [-0.2, -0.15) is 0 Å². The molecule has 0 spiro atoms. The van der Waals surface area contributed by atoms with E-state index in [1.54, 1.807) is 12.1 Å². The number of morpholine rings is 1. The first-order chi connectivity index (χ1) is 13.9. The van der Waals surface area contributed by atoms with Gasteiger partial charge in [0.2, 0.25) is 0 Å². The number of ketones is 2. The SMILES string of the molecule is CC(C)(C)c1ccc([Se]C2=C(C3CNCCO3)C(=O)c3ccccc3C2=O)cc1. The number of benzene rings is 2. The summed E-state index contributed by atoms with van der Waals surface area (Å²) in [5, 5.41) is 3.28. The summed E-state index contributed by atoms with van der Waals surface area (Å²) < 4.78 is 7.61. The summed E-state index contributed by atoms with van der Waals surface area (Å²) >= 11 is -0.271. The van der Waals surface area contributed by atoms with Gasteiger partial charge in [-0.1, -0.05) is 0 Å². The molecular weight excluding hydrogens is 429 g/mol. The number of ether oxygens (including phenoxy) is 1. The van der Waals surface area contributed by atoms with Crippen molar-refractivity contribution in [2.45, 2.75) is 32.3 Å². The zero-order chi connectivity index (χ0) is 20.6. The summed E-state index contributed by atoms with van der Waals surface area (Å²) in [6.07, 6.45) is -0.376. The summed E-state index contributed by atoms with van der Waals surface area (Å²) in [4.78, 5) is 26.7. The minimum atomic E-state index is -0.376. The van der Waals surface area contributed by atoms with Crippen molar-refractivity contribution < 1.29 is 14.3 Å². The Morgan fingerprint density at radius 2 is 1.62 bits per heavy atom. The molecule has 0 saturated carbocycles. The van der Waals surface area contributed by atoms with Crippen molar-refractivity contribution in [1.29, 1.82) is 0 Å². The van der Waals surface area contributed by atoms with E-state index in [1.165, 1.54) is 5.56 Å². The number of carbonyl (C=O) groups is 2. The number of carbonyl (C=O) groups excluding carboxylic acids is 2. The van der Waals surface area contributed by atoms with E-state index in [0.717, 1.165) is 11.0 Å². The molecule has 1 N–H and O–H groups in total. The van der Waals surface area contributed by atoms with Crippen molar-refractivity contribution in [2.24, 2.45) is 0 Å². The first kappa shape index (κ1) is 20.2.